The lowest BCUT2D eigenvalue weighted by atomic mass is 9.96. The predicted octanol–water partition coefficient (Wildman–Crippen LogP) is 1.87. The molecule has 2 amide bonds. The number of carbonyl (C=O) groups excluding carboxylic acids is 2. The summed E-state index contributed by atoms with van der Waals surface area (Å²) in [6.07, 6.45) is 2.15. The minimum atomic E-state index is -0.891. The van der Waals surface area contributed by atoms with Crippen LogP contribution in [0.3, 0.4) is 0 Å². The van der Waals surface area contributed by atoms with Gasteiger partial charge in [0.05, 0.1) is 32.3 Å². The molecule has 3 atom stereocenters. The third kappa shape index (κ3) is 9.12. The molecule has 1 saturated heterocycles. The highest BCUT2D eigenvalue weighted by atomic mass is 16.5. The van der Waals surface area contributed by atoms with Crippen molar-refractivity contribution in [1.82, 2.24) is 9.80 Å². The van der Waals surface area contributed by atoms with Crippen molar-refractivity contribution in [2.75, 3.05) is 52.6 Å². The van der Waals surface area contributed by atoms with Crippen LogP contribution in [0.15, 0.2) is 0 Å². The highest BCUT2D eigenvalue weighted by Gasteiger charge is 2.25. The Morgan fingerprint density at radius 3 is 1.59 bits per heavy atom. The molecule has 0 aromatic rings. The van der Waals surface area contributed by atoms with Crippen molar-refractivity contribution >= 4 is 17.8 Å². The molecule has 3 unspecified atom stereocenters. The van der Waals surface area contributed by atoms with Gasteiger partial charge in [-0.3, -0.25) is 14.4 Å². The van der Waals surface area contributed by atoms with E-state index in [1.54, 1.807) is 23.6 Å². The fourth-order valence-corrected chi connectivity index (χ4v) is 3.48. The van der Waals surface area contributed by atoms with Crippen molar-refractivity contribution in [2.24, 2.45) is 17.8 Å². The van der Waals surface area contributed by atoms with E-state index in [2.05, 4.69) is 6.92 Å². The van der Waals surface area contributed by atoms with E-state index < -0.39 is 11.9 Å². The minimum Gasteiger partial charge on any atom is -0.481 e. The van der Waals surface area contributed by atoms with Crippen molar-refractivity contribution in [2.45, 2.75) is 47.0 Å². The van der Waals surface area contributed by atoms with Crippen LogP contribution in [0, 0.1) is 17.8 Å². The Hall–Kier alpha value is -1.67. The first kappa shape index (κ1) is 25.4. The highest BCUT2D eigenvalue weighted by Crippen LogP contribution is 2.15. The number of amides is 2. The number of rotatable bonds is 7. The molecular formula is C21H38N2O6. The maximum absolute atomic E-state index is 12.7. The van der Waals surface area contributed by atoms with Crippen molar-refractivity contribution in [3.05, 3.63) is 0 Å². The van der Waals surface area contributed by atoms with Crippen LogP contribution >= 0.6 is 0 Å². The first-order chi connectivity index (χ1) is 13.8. The molecule has 0 spiro atoms. The maximum Gasteiger partial charge on any atom is 0.306 e. The zero-order valence-electron chi connectivity index (χ0n) is 18.4. The van der Waals surface area contributed by atoms with E-state index >= 15 is 0 Å². The van der Waals surface area contributed by atoms with E-state index in [9.17, 15) is 14.4 Å². The molecule has 0 saturated carbocycles. The van der Waals surface area contributed by atoms with Gasteiger partial charge >= 0.3 is 5.97 Å². The Bertz CT molecular complexity index is 513. The molecule has 0 aromatic carbocycles. The van der Waals surface area contributed by atoms with Gasteiger partial charge in [0.15, 0.2) is 0 Å². The number of hydrogen-bond donors (Lipinski definition) is 1. The van der Waals surface area contributed by atoms with Gasteiger partial charge in [0, 0.05) is 38.0 Å². The largest absolute Gasteiger partial charge is 0.481 e. The van der Waals surface area contributed by atoms with Crippen LogP contribution in [0.25, 0.3) is 0 Å². The van der Waals surface area contributed by atoms with Gasteiger partial charge in [0.25, 0.3) is 0 Å². The summed E-state index contributed by atoms with van der Waals surface area (Å²) in [5.74, 6) is -1.77. The first-order valence-corrected chi connectivity index (χ1v) is 10.7. The second-order valence-electron chi connectivity index (χ2n) is 7.94. The van der Waals surface area contributed by atoms with E-state index in [0.29, 0.717) is 59.0 Å². The van der Waals surface area contributed by atoms with Crippen molar-refractivity contribution in [3.63, 3.8) is 0 Å². The fraction of sp³-hybridized carbons (Fsp3) is 0.857. The minimum absolute atomic E-state index is 0.00398. The summed E-state index contributed by atoms with van der Waals surface area (Å²) in [5.41, 5.74) is 0. The van der Waals surface area contributed by atoms with E-state index in [1.165, 1.54) is 0 Å². The summed E-state index contributed by atoms with van der Waals surface area (Å²) < 4.78 is 11.4. The molecule has 8 heteroatoms. The van der Waals surface area contributed by atoms with Crippen LogP contribution in [0.1, 0.15) is 47.0 Å². The quantitative estimate of drug-likeness (QED) is 0.683. The number of carboxylic acid groups (broad SMARTS) is 1. The third-order valence-electron chi connectivity index (χ3n) is 5.34. The lowest BCUT2D eigenvalue weighted by Crippen LogP contribution is -2.43. The molecule has 168 valence electrons. The zero-order valence-corrected chi connectivity index (χ0v) is 18.4. The standard InChI is InChI=1S/C21H38N2O6/c1-5-6-16(2)19(24)22-7-11-28-13-9-23(10-14-29-12-8-22)20(25)17(3)15-18(4)21(26)27/h16-18H,5-15H2,1-4H3,(H,26,27). The van der Waals surface area contributed by atoms with Gasteiger partial charge in [-0.2, -0.15) is 0 Å². The molecule has 0 bridgehead atoms. The van der Waals surface area contributed by atoms with E-state index in [1.807, 2.05) is 6.92 Å². The normalized spacial score (nSPS) is 20.1. The Kier molecular flexibility index (Phi) is 11.8. The molecule has 1 fully saturated rings. The first-order valence-electron chi connectivity index (χ1n) is 10.7. The number of nitrogens with zero attached hydrogens (tertiary/aromatic N) is 2. The average molecular weight is 415 g/mol. The Labute approximate surface area is 174 Å². The summed E-state index contributed by atoms with van der Waals surface area (Å²) in [6, 6.07) is 0. The van der Waals surface area contributed by atoms with Gasteiger partial charge < -0.3 is 24.4 Å². The lowest BCUT2D eigenvalue weighted by Gasteiger charge is -2.29. The monoisotopic (exact) mass is 414 g/mol. The summed E-state index contributed by atoms with van der Waals surface area (Å²) >= 11 is 0. The summed E-state index contributed by atoms with van der Waals surface area (Å²) in [7, 11) is 0. The molecule has 1 rings (SSSR count). The Morgan fingerprint density at radius 1 is 0.793 bits per heavy atom. The van der Waals surface area contributed by atoms with Gasteiger partial charge in [-0.05, 0) is 12.8 Å². The van der Waals surface area contributed by atoms with E-state index in [0.717, 1.165) is 12.8 Å². The maximum atomic E-state index is 12.7. The molecule has 0 aromatic heterocycles. The van der Waals surface area contributed by atoms with Crippen LogP contribution < -0.4 is 0 Å². The predicted molar refractivity (Wildman–Crippen MR) is 109 cm³/mol. The molecular weight excluding hydrogens is 376 g/mol. The Balaban J connectivity index is 2.58. The second kappa shape index (κ2) is 13.5. The van der Waals surface area contributed by atoms with Crippen LogP contribution in [0.2, 0.25) is 0 Å². The number of ether oxygens (including phenoxy) is 2. The molecule has 0 aliphatic carbocycles. The van der Waals surface area contributed by atoms with Gasteiger partial charge in [0.1, 0.15) is 0 Å². The zero-order chi connectivity index (χ0) is 21.8. The molecule has 8 nitrogen and oxygen atoms in total. The molecule has 1 aliphatic rings. The van der Waals surface area contributed by atoms with Crippen molar-refractivity contribution in [3.8, 4) is 0 Å². The molecule has 1 N–H and O–H groups in total. The number of aliphatic carboxylic acids is 1. The van der Waals surface area contributed by atoms with Crippen LogP contribution in [-0.4, -0.2) is 85.3 Å². The smallest absolute Gasteiger partial charge is 0.306 e. The average Bonchev–Trinajstić information content (AvgIpc) is 2.67. The molecule has 1 aliphatic heterocycles. The van der Waals surface area contributed by atoms with Crippen LogP contribution in [0.5, 0.6) is 0 Å². The number of carbonyl (C=O) groups is 3. The fourth-order valence-electron chi connectivity index (χ4n) is 3.48. The van der Waals surface area contributed by atoms with Crippen LogP contribution in [-0.2, 0) is 23.9 Å². The molecule has 29 heavy (non-hydrogen) atoms. The summed E-state index contributed by atoms with van der Waals surface area (Å²) in [6.45, 7) is 10.9. The summed E-state index contributed by atoms with van der Waals surface area (Å²) in [5, 5.41) is 9.06. The highest BCUT2D eigenvalue weighted by molar-refractivity contribution is 5.79. The number of hydrogen-bond acceptors (Lipinski definition) is 5. The molecule has 0 radical (unpaired) electrons. The van der Waals surface area contributed by atoms with E-state index in [4.69, 9.17) is 14.6 Å². The van der Waals surface area contributed by atoms with Gasteiger partial charge in [-0.15, -0.1) is 0 Å². The van der Waals surface area contributed by atoms with Gasteiger partial charge in [-0.25, -0.2) is 0 Å². The molecule has 1 heterocycles. The third-order valence-corrected chi connectivity index (χ3v) is 5.34. The van der Waals surface area contributed by atoms with Crippen molar-refractivity contribution < 1.29 is 29.0 Å². The van der Waals surface area contributed by atoms with Gasteiger partial charge in [-0.1, -0.05) is 34.1 Å². The van der Waals surface area contributed by atoms with E-state index in [-0.39, 0.29) is 23.7 Å². The van der Waals surface area contributed by atoms with Gasteiger partial charge in [0.2, 0.25) is 11.8 Å². The lowest BCUT2D eigenvalue weighted by molar-refractivity contribution is -0.143. The van der Waals surface area contributed by atoms with Crippen molar-refractivity contribution in [1.29, 1.82) is 0 Å². The Morgan fingerprint density at radius 2 is 1.21 bits per heavy atom. The number of carboxylic acids is 1. The topological polar surface area (TPSA) is 96.4 Å². The summed E-state index contributed by atoms with van der Waals surface area (Å²) in [4.78, 5) is 39.8. The SMILES string of the molecule is CCCC(C)C(=O)N1CCOCCN(C(=O)C(C)CC(C)C(=O)O)CCOCC1. The second-order valence-corrected chi connectivity index (χ2v) is 7.94. The van der Waals surface area contributed by atoms with Crippen LogP contribution in [0.4, 0.5) is 0 Å².